The molecule has 180 valence electrons. The summed E-state index contributed by atoms with van der Waals surface area (Å²) in [6.45, 7) is 5.06. The van der Waals surface area contributed by atoms with E-state index in [-0.39, 0.29) is 24.5 Å². The molecule has 3 unspecified atom stereocenters. The van der Waals surface area contributed by atoms with E-state index >= 15 is 0 Å². The van der Waals surface area contributed by atoms with Crippen molar-refractivity contribution in [2.24, 2.45) is 11.8 Å². The van der Waals surface area contributed by atoms with E-state index in [0.717, 1.165) is 22.3 Å². The molecule has 1 aliphatic heterocycles. The number of benzene rings is 2. The maximum absolute atomic E-state index is 12.8. The molecule has 2 aliphatic rings. The third-order valence-electron chi connectivity index (χ3n) is 6.64. The number of fused-ring (bicyclic) bond motifs is 3. The zero-order valence-corrected chi connectivity index (χ0v) is 19.3. The molecule has 0 aromatic heterocycles. The molecule has 8 nitrogen and oxygen atoms in total. The Morgan fingerprint density at radius 3 is 2.24 bits per heavy atom. The van der Waals surface area contributed by atoms with Gasteiger partial charge in [-0.3, -0.25) is 9.59 Å². The molecule has 1 fully saturated rings. The smallest absolute Gasteiger partial charge is 0.407 e. The number of carbonyl (C=O) groups is 3. The number of carbonyl (C=O) groups excluding carboxylic acids is 2. The summed E-state index contributed by atoms with van der Waals surface area (Å²) in [5.74, 6) is -1.46. The van der Waals surface area contributed by atoms with Crippen LogP contribution in [-0.4, -0.2) is 55.0 Å². The van der Waals surface area contributed by atoms with E-state index in [1.165, 1.54) is 0 Å². The number of amides is 2. The highest BCUT2D eigenvalue weighted by Gasteiger charge is 2.35. The first-order valence-corrected chi connectivity index (χ1v) is 11.6. The zero-order chi connectivity index (χ0) is 24.2. The summed E-state index contributed by atoms with van der Waals surface area (Å²) in [4.78, 5) is 36.8. The Balaban J connectivity index is 1.40. The van der Waals surface area contributed by atoms with Crippen LogP contribution in [0.2, 0.25) is 0 Å². The van der Waals surface area contributed by atoms with Crippen LogP contribution in [0.3, 0.4) is 0 Å². The molecular weight excluding hydrogens is 436 g/mol. The first-order chi connectivity index (χ1) is 16.3. The highest BCUT2D eigenvalue weighted by atomic mass is 16.5. The molecule has 3 N–H and O–H groups in total. The van der Waals surface area contributed by atoms with Crippen molar-refractivity contribution in [1.82, 2.24) is 10.6 Å². The lowest BCUT2D eigenvalue weighted by molar-refractivity contribution is -0.140. The maximum Gasteiger partial charge on any atom is 0.407 e. The van der Waals surface area contributed by atoms with Gasteiger partial charge in [0.15, 0.2) is 0 Å². The van der Waals surface area contributed by atoms with E-state index in [1.54, 1.807) is 0 Å². The van der Waals surface area contributed by atoms with E-state index in [1.807, 2.05) is 62.4 Å². The van der Waals surface area contributed by atoms with Crippen molar-refractivity contribution < 1.29 is 29.0 Å². The second-order valence-corrected chi connectivity index (χ2v) is 9.18. The van der Waals surface area contributed by atoms with Crippen LogP contribution in [0, 0.1) is 11.8 Å². The predicted octanol–water partition coefficient (Wildman–Crippen LogP) is 3.16. The summed E-state index contributed by atoms with van der Waals surface area (Å²) in [6, 6.07) is 14.5. The third-order valence-corrected chi connectivity index (χ3v) is 6.64. The van der Waals surface area contributed by atoms with Gasteiger partial charge in [-0.15, -0.1) is 0 Å². The van der Waals surface area contributed by atoms with Gasteiger partial charge in [0.2, 0.25) is 5.91 Å². The third kappa shape index (κ3) is 5.07. The van der Waals surface area contributed by atoms with Crippen LogP contribution in [0.5, 0.6) is 0 Å². The molecule has 0 saturated carbocycles. The van der Waals surface area contributed by atoms with Crippen molar-refractivity contribution in [1.29, 1.82) is 0 Å². The molecule has 2 amide bonds. The van der Waals surface area contributed by atoms with Gasteiger partial charge in [0, 0.05) is 11.8 Å². The average Bonchev–Trinajstić information content (AvgIpc) is 3.39. The Bertz CT molecular complexity index is 1020. The normalized spacial score (nSPS) is 19.9. The van der Waals surface area contributed by atoms with E-state index in [2.05, 4.69) is 10.6 Å². The van der Waals surface area contributed by atoms with E-state index in [0.29, 0.717) is 19.1 Å². The Morgan fingerprint density at radius 1 is 1.03 bits per heavy atom. The summed E-state index contributed by atoms with van der Waals surface area (Å²) in [6.07, 6.45) is -1.37. The van der Waals surface area contributed by atoms with Gasteiger partial charge in [-0.2, -0.15) is 0 Å². The first kappa shape index (κ1) is 23.8. The van der Waals surface area contributed by atoms with E-state index in [4.69, 9.17) is 9.47 Å². The number of rotatable bonds is 8. The van der Waals surface area contributed by atoms with Gasteiger partial charge in [-0.1, -0.05) is 62.4 Å². The molecule has 3 atom stereocenters. The molecule has 1 aliphatic carbocycles. The standard InChI is InChI=1S/C26H30N2O6/c1-15(2)20-12-33-14-23(20)27-25(31)22(11-24(29)30)28-26(32)34-13-21-18-9-5-3-7-16(18)17-8-4-6-10-19(17)21/h3-10,15,20-23H,11-14H2,1-2H3,(H,27,31)(H,28,32)(H,29,30). The number of carboxylic acid groups (broad SMARTS) is 1. The second-order valence-electron chi connectivity index (χ2n) is 9.18. The SMILES string of the molecule is CC(C)C1COCC1NC(=O)C(CC(=O)O)NC(=O)OCC1c2ccccc2-c2ccccc21. The molecule has 8 heteroatoms. The lowest BCUT2D eigenvalue weighted by atomic mass is 9.91. The Labute approximate surface area is 198 Å². The van der Waals surface area contributed by atoms with Crippen molar-refractivity contribution in [3.63, 3.8) is 0 Å². The molecule has 1 saturated heterocycles. The Hall–Kier alpha value is -3.39. The average molecular weight is 467 g/mol. The highest BCUT2D eigenvalue weighted by Crippen LogP contribution is 2.44. The van der Waals surface area contributed by atoms with Gasteiger partial charge >= 0.3 is 12.1 Å². The summed E-state index contributed by atoms with van der Waals surface area (Å²) in [5.41, 5.74) is 4.34. The van der Waals surface area contributed by atoms with Gasteiger partial charge in [-0.25, -0.2) is 4.79 Å². The van der Waals surface area contributed by atoms with Crippen LogP contribution in [-0.2, 0) is 19.1 Å². The van der Waals surface area contributed by atoms with Gasteiger partial charge in [0.05, 0.1) is 25.7 Å². The van der Waals surface area contributed by atoms with Crippen LogP contribution in [0.4, 0.5) is 4.79 Å². The van der Waals surface area contributed by atoms with Crippen molar-refractivity contribution >= 4 is 18.0 Å². The first-order valence-electron chi connectivity index (χ1n) is 11.6. The van der Waals surface area contributed by atoms with Crippen LogP contribution in [0.25, 0.3) is 11.1 Å². The molecule has 0 radical (unpaired) electrons. The number of hydrogen-bond donors (Lipinski definition) is 3. The number of aliphatic carboxylic acids is 1. The Morgan fingerprint density at radius 2 is 1.65 bits per heavy atom. The minimum absolute atomic E-state index is 0.0765. The summed E-state index contributed by atoms with van der Waals surface area (Å²) >= 11 is 0. The zero-order valence-electron chi connectivity index (χ0n) is 19.3. The molecule has 1 heterocycles. The lowest BCUT2D eigenvalue weighted by Gasteiger charge is -2.25. The molecule has 2 aromatic rings. The topological polar surface area (TPSA) is 114 Å². The highest BCUT2D eigenvalue weighted by molar-refractivity contribution is 5.89. The van der Waals surface area contributed by atoms with Gasteiger partial charge < -0.3 is 25.2 Å². The number of hydrogen-bond acceptors (Lipinski definition) is 5. The number of ether oxygens (including phenoxy) is 2. The fraction of sp³-hybridized carbons (Fsp3) is 0.423. The fourth-order valence-corrected chi connectivity index (χ4v) is 4.83. The predicted molar refractivity (Wildman–Crippen MR) is 125 cm³/mol. The van der Waals surface area contributed by atoms with Gasteiger partial charge in [-0.05, 0) is 28.2 Å². The maximum atomic E-state index is 12.8. The Kier molecular flexibility index (Phi) is 7.17. The molecular formula is C26H30N2O6. The quantitative estimate of drug-likeness (QED) is 0.551. The monoisotopic (exact) mass is 466 g/mol. The molecule has 4 rings (SSSR count). The van der Waals surface area contributed by atoms with Gasteiger partial charge in [0.1, 0.15) is 12.6 Å². The largest absolute Gasteiger partial charge is 0.481 e. The fourth-order valence-electron chi connectivity index (χ4n) is 4.83. The minimum Gasteiger partial charge on any atom is -0.481 e. The van der Waals surface area contributed by atoms with Crippen molar-refractivity contribution in [3.05, 3.63) is 59.7 Å². The second kappa shape index (κ2) is 10.3. The summed E-state index contributed by atoms with van der Waals surface area (Å²) in [5, 5.41) is 14.6. The number of nitrogens with one attached hydrogen (secondary N) is 2. The van der Waals surface area contributed by atoms with Crippen LogP contribution in [0.15, 0.2) is 48.5 Å². The number of carboxylic acids is 1. The summed E-state index contributed by atoms with van der Waals surface area (Å²) < 4.78 is 11.0. The lowest BCUT2D eigenvalue weighted by Crippen LogP contribution is -2.52. The van der Waals surface area contributed by atoms with Crippen molar-refractivity contribution in [3.8, 4) is 11.1 Å². The molecule has 0 bridgehead atoms. The van der Waals surface area contributed by atoms with Crippen molar-refractivity contribution in [2.45, 2.75) is 38.3 Å². The van der Waals surface area contributed by atoms with Crippen LogP contribution >= 0.6 is 0 Å². The van der Waals surface area contributed by atoms with Crippen molar-refractivity contribution in [2.75, 3.05) is 19.8 Å². The molecule has 2 aromatic carbocycles. The molecule has 0 spiro atoms. The van der Waals surface area contributed by atoms with Crippen LogP contribution in [0.1, 0.15) is 37.3 Å². The minimum atomic E-state index is -1.25. The van der Waals surface area contributed by atoms with E-state index < -0.39 is 30.4 Å². The van der Waals surface area contributed by atoms with E-state index in [9.17, 15) is 19.5 Å². The van der Waals surface area contributed by atoms with Gasteiger partial charge in [0.25, 0.3) is 0 Å². The molecule has 34 heavy (non-hydrogen) atoms. The summed E-state index contributed by atoms with van der Waals surface area (Å²) in [7, 11) is 0. The van der Waals surface area contributed by atoms with Crippen LogP contribution < -0.4 is 10.6 Å². The number of alkyl carbamates (subject to hydrolysis) is 1.